The van der Waals surface area contributed by atoms with E-state index in [1.165, 1.54) is 21.3 Å². The Bertz CT molecular complexity index is 400. The van der Waals surface area contributed by atoms with Crippen LogP contribution in [0.3, 0.4) is 0 Å². The molecule has 5 heteroatoms. The van der Waals surface area contributed by atoms with Crippen molar-refractivity contribution in [2.45, 2.75) is 6.92 Å². The van der Waals surface area contributed by atoms with E-state index < -0.39 is 5.97 Å². The number of hydrogen-bond donors (Lipinski definition) is 0. The molecule has 0 atom stereocenters. The lowest BCUT2D eigenvalue weighted by atomic mass is 10.1. The average molecular weight is 240 g/mol. The summed E-state index contributed by atoms with van der Waals surface area (Å²) in [4.78, 5) is 11.4. The van der Waals surface area contributed by atoms with Crippen LogP contribution in [0, 0.1) is 6.92 Å². The van der Waals surface area contributed by atoms with Crippen LogP contribution in [0.4, 0.5) is 0 Å². The smallest absolute Gasteiger partial charge is 0.337 e. The van der Waals surface area contributed by atoms with Crippen molar-refractivity contribution in [1.82, 2.24) is 0 Å². The fraction of sp³-hybridized carbons (Fsp3) is 0.417. The van der Waals surface area contributed by atoms with E-state index in [1.54, 1.807) is 12.1 Å². The Morgan fingerprint density at radius 3 is 2.47 bits per heavy atom. The van der Waals surface area contributed by atoms with Gasteiger partial charge in [0.2, 0.25) is 0 Å². The monoisotopic (exact) mass is 240 g/mol. The third-order valence-corrected chi connectivity index (χ3v) is 2.20. The molecule has 0 N–H and O–H groups in total. The maximum absolute atomic E-state index is 11.4. The van der Waals surface area contributed by atoms with E-state index in [0.717, 1.165) is 5.56 Å². The van der Waals surface area contributed by atoms with Crippen LogP contribution in [-0.2, 0) is 9.47 Å². The van der Waals surface area contributed by atoms with Crippen LogP contribution < -0.4 is 9.47 Å². The molecular weight excluding hydrogens is 224 g/mol. The number of rotatable bonds is 5. The van der Waals surface area contributed by atoms with Gasteiger partial charge in [0, 0.05) is 7.11 Å². The minimum absolute atomic E-state index is 0.120. The van der Waals surface area contributed by atoms with Crippen molar-refractivity contribution in [2.24, 2.45) is 0 Å². The van der Waals surface area contributed by atoms with Crippen LogP contribution >= 0.6 is 0 Å². The summed E-state index contributed by atoms with van der Waals surface area (Å²) in [7, 11) is 4.37. The van der Waals surface area contributed by atoms with Crippen LogP contribution in [0.2, 0.25) is 0 Å². The van der Waals surface area contributed by atoms with Gasteiger partial charge >= 0.3 is 5.97 Å². The quantitative estimate of drug-likeness (QED) is 0.580. The lowest BCUT2D eigenvalue weighted by Gasteiger charge is -2.13. The van der Waals surface area contributed by atoms with Gasteiger partial charge in [-0.15, -0.1) is 0 Å². The molecule has 0 bridgehead atoms. The highest BCUT2D eigenvalue weighted by molar-refractivity contribution is 5.90. The molecule has 1 aromatic carbocycles. The molecule has 17 heavy (non-hydrogen) atoms. The van der Waals surface area contributed by atoms with E-state index in [1.807, 2.05) is 6.92 Å². The number of ether oxygens (including phenoxy) is 4. The Morgan fingerprint density at radius 1 is 1.24 bits per heavy atom. The number of carbonyl (C=O) groups is 1. The van der Waals surface area contributed by atoms with Gasteiger partial charge in [-0.1, -0.05) is 0 Å². The Morgan fingerprint density at radius 2 is 1.94 bits per heavy atom. The van der Waals surface area contributed by atoms with Crippen LogP contribution in [0.1, 0.15) is 15.9 Å². The molecule has 0 aliphatic carbocycles. The van der Waals surface area contributed by atoms with Crippen LogP contribution in [-0.4, -0.2) is 34.1 Å². The summed E-state index contributed by atoms with van der Waals surface area (Å²) in [6.07, 6.45) is 0. The molecule has 0 spiro atoms. The highest BCUT2D eigenvalue weighted by Crippen LogP contribution is 2.32. The molecule has 1 rings (SSSR count). The number of esters is 1. The van der Waals surface area contributed by atoms with Gasteiger partial charge in [-0.05, 0) is 24.6 Å². The second-order valence-corrected chi connectivity index (χ2v) is 3.37. The molecule has 0 heterocycles. The average Bonchev–Trinajstić information content (AvgIpc) is 2.35. The molecule has 1 aromatic rings. The van der Waals surface area contributed by atoms with Crippen molar-refractivity contribution >= 4 is 5.97 Å². The van der Waals surface area contributed by atoms with Gasteiger partial charge in [0.25, 0.3) is 0 Å². The van der Waals surface area contributed by atoms with E-state index in [9.17, 15) is 4.79 Å². The highest BCUT2D eigenvalue weighted by atomic mass is 16.7. The lowest BCUT2D eigenvalue weighted by molar-refractivity contribution is 0.0485. The third kappa shape index (κ3) is 3.10. The van der Waals surface area contributed by atoms with Crippen LogP contribution in [0.5, 0.6) is 11.5 Å². The lowest BCUT2D eigenvalue weighted by Crippen LogP contribution is -2.06. The molecule has 0 aliphatic heterocycles. The molecule has 0 radical (unpaired) electrons. The second-order valence-electron chi connectivity index (χ2n) is 3.37. The van der Waals surface area contributed by atoms with Crippen LogP contribution in [0.15, 0.2) is 12.1 Å². The maximum atomic E-state index is 11.4. The highest BCUT2D eigenvalue weighted by Gasteiger charge is 2.14. The summed E-state index contributed by atoms with van der Waals surface area (Å²) in [5.41, 5.74) is 1.20. The molecule has 0 saturated heterocycles. The summed E-state index contributed by atoms with van der Waals surface area (Å²) >= 11 is 0. The first kappa shape index (κ1) is 13.3. The fourth-order valence-electron chi connectivity index (χ4n) is 1.43. The summed E-state index contributed by atoms with van der Waals surface area (Å²) in [5.74, 6) is 0.620. The van der Waals surface area contributed by atoms with Gasteiger partial charge in [-0.25, -0.2) is 4.79 Å². The molecule has 0 saturated carbocycles. The summed E-state index contributed by atoms with van der Waals surface area (Å²) in [5, 5.41) is 0. The Labute approximate surface area is 100 Å². The fourth-order valence-corrected chi connectivity index (χ4v) is 1.43. The van der Waals surface area contributed by atoms with Gasteiger partial charge in [-0.2, -0.15) is 0 Å². The Balaban J connectivity index is 3.11. The maximum Gasteiger partial charge on any atom is 0.337 e. The number of methoxy groups -OCH3 is 3. The normalized spacial score (nSPS) is 9.88. The summed E-state index contributed by atoms with van der Waals surface area (Å²) in [6.45, 7) is 1.94. The topological polar surface area (TPSA) is 54.0 Å². The minimum Gasteiger partial charge on any atom is -0.493 e. The molecule has 0 aromatic heterocycles. The van der Waals surface area contributed by atoms with Crippen molar-refractivity contribution in [3.63, 3.8) is 0 Å². The van der Waals surface area contributed by atoms with E-state index in [-0.39, 0.29) is 6.79 Å². The first-order chi connectivity index (χ1) is 8.13. The SMILES string of the molecule is COCOc1c(C)cc(C(=O)OC)cc1OC. The predicted molar refractivity (Wildman–Crippen MR) is 61.6 cm³/mol. The molecule has 94 valence electrons. The van der Waals surface area contributed by atoms with Gasteiger partial charge in [-0.3, -0.25) is 0 Å². The molecule has 5 nitrogen and oxygen atoms in total. The summed E-state index contributed by atoms with van der Waals surface area (Å²) < 4.78 is 20.0. The van der Waals surface area contributed by atoms with Crippen molar-refractivity contribution < 1.29 is 23.7 Å². The Hall–Kier alpha value is -1.75. The van der Waals surface area contributed by atoms with Crippen molar-refractivity contribution in [1.29, 1.82) is 0 Å². The molecule has 0 unspecified atom stereocenters. The Kier molecular flexibility index (Phi) is 4.78. The van der Waals surface area contributed by atoms with Gasteiger partial charge in [0.1, 0.15) is 0 Å². The third-order valence-electron chi connectivity index (χ3n) is 2.20. The number of carbonyl (C=O) groups excluding carboxylic acids is 1. The van der Waals surface area contributed by atoms with Crippen molar-refractivity contribution in [3.8, 4) is 11.5 Å². The largest absolute Gasteiger partial charge is 0.493 e. The molecule has 0 aliphatic rings. The van der Waals surface area contributed by atoms with Gasteiger partial charge < -0.3 is 18.9 Å². The first-order valence-electron chi connectivity index (χ1n) is 5.02. The predicted octanol–water partition coefficient (Wildman–Crippen LogP) is 1.77. The summed E-state index contributed by atoms with van der Waals surface area (Å²) in [6, 6.07) is 3.25. The van der Waals surface area contributed by atoms with Crippen molar-refractivity contribution in [3.05, 3.63) is 23.3 Å². The first-order valence-corrected chi connectivity index (χ1v) is 5.02. The van der Waals surface area contributed by atoms with Crippen molar-refractivity contribution in [2.75, 3.05) is 28.1 Å². The van der Waals surface area contributed by atoms with Crippen LogP contribution in [0.25, 0.3) is 0 Å². The van der Waals surface area contributed by atoms with E-state index in [2.05, 4.69) is 4.74 Å². The zero-order valence-corrected chi connectivity index (χ0v) is 10.4. The van der Waals surface area contributed by atoms with Gasteiger partial charge in [0.05, 0.1) is 19.8 Å². The molecule has 0 fully saturated rings. The second kappa shape index (κ2) is 6.10. The zero-order valence-electron chi connectivity index (χ0n) is 10.4. The van der Waals surface area contributed by atoms with E-state index in [4.69, 9.17) is 14.2 Å². The number of benzene rings is 1. The number of aryl methyl sites for hydroxylation is 1. The van der Waals surface area contributed by atoms with E-state index >= 15 is 0 Å². The standard InChI is InChI=1S/C12H16O5/c1-8-5-9(12(13)16-4)6-10(15-3)11(8)17-7-14-2/h5-6H,7H2,1-4H3. The van der Waals surface area contributed by atoms with Gasteiger partial charge in [0.15, 0.2) is 18.3 Å². The minimum atomic E-state index is -0.412. The molecular formula is C12H16O5. The molecule has 0 amide bonds. The zero-order chi connectivity index (χ0) is 12.8. The number of hydrogen-bond acceptors (Lipinski definition) is 5. The van der Waals surface area contributed by atoms with E-state index in [0.29, 0.717) is 17.1 Å².